The minimum Gasteiger partial charge on any atom is -0.480 e. The summed E-state index contributed by atoms with van der Waals surface area (Å²) in [6, 6.07) is 9.14. The van der Waals surface area contributed by atoms with Gasteiger partial charge in [-0.25, -0.2) is 0 Å². The molecule has 0 heterocycles. The third-order valence-corrected chi connectivity index (χ3v) is 6.25. The first-order valence-corrected chi connectivity index (χ1v) is 17.8. The van der Waals surface area contributed by atoms with Crippen molar-refractivity contribution in [3.63, 3.8) is 0 Å². The highest BCUT2D eigenvalue weighted by Gasteiger charge is 2.23. The molecule has 50 heavy (non-hydrogen) atoms. The van der Waals surface area contributed by atoms with Gasteiger partial charge in [0.1, 0.15) is 23.9 Å². The predicted octanol–water partition coefficient (Wildman–Crippen LogP) is 5.39. The smallest absolute Gasteiger partial charge is 0.323 e. The van der Waals surface area contributed by atoms with E-state index in [1.54, 1.807) is 13.8 Å². The molecule has 0 aliphatic carbocycles. The number of Topliss-reactive ketones (excluding diaryl/α,β-unsaturated/α-hetero) is 1. The number of esters is 3. The minimum atomic E-state index is -0.939. The van der Waals surface area contributed by atoms with Gasteiger partial charge < -0.3 is 40.1 Å². The molecule has 0 saturated carbocycles. The molecule has 0 aliphatic rings. The molecule has 0 amide bonds. The Bertz CT molecular complexity index is 1110. The molecule has 3 unspecified atom stereocenters. The first-order valence-electron chi connectivity index (χ1n) is 17.8. The standard InChI is InChI=1S/C15H23NO2.C12H23NO3.C11H21NO4/c1-11(2)16-14(15(17)18-12(3)4)10-13-8-6-5-7-9-13;1-8(2)13-11(7-6-10(5)14)12(15)16-9(3)4;1-7(2)12-9(11(14)15)5-6-10(13)16-8(3)4/h5-9,11-12,14,16H,10H2,1-4H3;8-9,11,13H,6-7H2,1-5H3;7-9,12H,5-6H2,1-4H3,(H,14,15). The normalized spacial score (nSPS) is 12.9. The van der Waals surface area contributed by atoms with Crippen molar-refractivity contribution < 1.29 is 43.3 Å². The van der Waals surface area contributed by atoms with Crippen molar-refractivity contribution in [3.05, 3.63) is 35.9 Å². The summed E-state index contributed by atoms with van der Waals surface area (Å²) in [7, 11) is 0. The Morgan fingerprint density at radius 3 is 1.38 bits per heavy atom. The number of carbonyl (C=O) groups is 5. The fraction of sp³-hybridized carbons (Fsp3) is 0.711. The first kappa shape index (κ1) is 48.8. The average molecular weight is 710 g/mol. The molecule has 1 rings (SSSR count). The zero-order valence-electron chi connectivity index (χ0n) is 32.8. The van der Waals surface area contributed by atoms with E-state index in [4.69, 9.17) is 19.3 Å². The Morgan fingerprint density at radius 1 is 0.580 bits per heavy atom. The van der Waals surface area contributed by atoms with E-state index in [0.29, 0.717) is 19.3 Å². The number of carbonyl (C=O) groups excluding carboxylic acids is 4. The lowest BCUT2D eigenvalue weighted by Crippen LogP contribution is -2.44. The van der Waals surface area contributed by atoms with E-state index in [-0.39, 0.29) is 85.1 Å². The number of ketones is 1. The van der Waals surface area contributed by atoms with Gasteiger partial charge in [0.05, 0.1) is 18.3 Å². The molecule has 0 radical (unpaired) electrons. The van der Waals surface area contributed by atoms with Gasteiger partial charge in [-0.05, 0) is 73.3 Å². The molecule has 0 aliphatic heterocycles. The Balaban J connectivity index is 0. The van der Waals surface area contributed by atoms with E-state index in [0.717, 1.165) is 5.56 Å². The van der Waals surface area contributed by atoms with Crippen molar-refractivity contribution in [2.45, 2.75) is 177 Å². The lowest BCUT2D eigenvalue weighted by atomic mass is 10.1. The second kappa shape index (κ2) is 27.4. The van der Waals surface area contributed by atoms with Crippen molar-refractivity contribution in [2.24, 2.45) is 0 Å². The number of ether oxygens (including phenoxy) is 3. The van der Waals surface area contributed by atoms with Crippen molar-refractivity contribution in [1.29, 1.82) is 0 Å². The molecule has 4 N–H and O–H groups in total. The minimum absolute atomic E-state index is 0.0715. The lowest BCUT2D eigenvalue weighted by molar-refractivity contribution is -0.151. The maximum atomic E-state index is 12.0. The summed E-state index contributed by atoms with van der Waals surface area (Å²) >= 11 is 0. The SMILES string of the molecule is CC(=O)CCC(NC(C)C)C(=O)OC(C)C.CC(C)NC(CCC(=O)OC(C)C)C(=O)O.CC(C)NC(Cc1ccccc1)C(=O)OC(C)C. The number of aliphatic carboxylic acids is 1. The number of carboxylic acid groups (broad SMARTS) is 1. The molecule has 12 nitrogen and oxygen atoms in total. The zero-order valence-corrected chi connectivity index (χ0v) is 32.8. The number of carboxylic acids is 1. The van der Waals surface area contributed by atoms with E-state index < -0.39 is 12.0 Å². The largest absolute Gasteiger partial charge is 0.480 e. The number of nitrogens with one attached hydrogen (secondary N) is 3. The number of rotatable bonds is 20. The summed E-state index contributed by atoms with van der Waals surface area (Å²) in [5, 5.41) is 18.2. The monoisotopic (exact) mass is 709 g/mol. The van der Waals surface area contributed by atoms with Gasteiger partial charge in [-0.1, -0.05) is 71.9 Å². The topological polar surface area (TPSA) is 169 Å². The van der Waals surface area contributed by atoms with E-state index >= 15 is 0 Å². The van der Waals surface area contributed by atoms with Crippen LogP contribution in [0.4, 0.5) is 0 Å². The Labute approximate surface area is 301 Å². The van der Waals surface area contributed by atoms with Crippen LogP contribution in [0.15, 0.2) is 30.3 Å². The molecule has 12 heteroatoms. The second-order valence-corrected chi connectivity index (χ2v) is 13.9. The molecule has 0 saturated heterocycles. The maximum absolute atomic E-state index is 12.0. The van der Waals surface area contributed by atoms with Crippen LogP contribution in [0.25, 0.3) is 0 Å². The summed E-state index contributed by atoms with van der Waals surface area (Å²) in [4.78, 5) is 56.7. The van der Waals surface area contributed by atoms with Crippen molar-refractivity contribution >= 4 is 29.7 Å². The maximum Gasteiger partial charge on any atom is 0.323 e. The van der Waals surface area contributed by atoms with Gasteiger partial charge in [-0.15, -0.1) is 0 Å². The highest BCUT2D eigenvalue weighted by molar-refractivity contribution is 5.79. The van der Waals surface area contributed by atoms with E-state index in [9.17, 15) is 24.0 Å². The summed E-state index contributed by atoms with van der Waals surface area (Å²) in [5.41, 5.74) is 1.14. The number of hydrogen-bond donors (Lipinski definition) is 4. The molecular formula is C38H67N3O9. The third-order valence-electron chi connectivity index (χ3n) is 6.25. The molecule has 288 valence electrons. The molecule has 0 bridgehead atoms. The second-order valence-electron chi connectivity index (χ2n) is 13.9. The quantitative estimate of drug-likeness (QED) is 0.101. The van der Waals surface area contributed by atoms with Crippen LogP contribution in [-0.2, 0) is 44.6 Å². The fourth-order valence-corrected chi connectivity index (χ4v) is 4.38. The predicted molar refractivity (Wildman–Crippen MR) is 197 cm³/mol. The molecule has 1 aromatic carbocycles. The van der Waals surface area contributed by atoms with Gasteiger partial charge in [0, 0.05) is 31.0 Å². The molecule has 3 atom stereocenters. The van der Waals surface area contributed by atoms with Crippen LogP contribution in [-0.4, -0.2) is 89.3 Å². The van der Waals surface area contributed by atoms with Crippen molar-refractivity contribution in [2.75, 3.05) is 0 Å². The number of hydrogen-bond acceptors (Lipinski definition) is 11. The first-order chi connectivity index (χ1) is 23.1. The van der Waals surface area contributed by atoms with Crippen molar-refractivity contribution in [3.8, 4) is 0 Å². The van der Waals surface area contributed by atoms with Gasteiger partial charge in [0.25, 0.3) is 0 Å². The van der Waals surface area contributed by atoms with E-state index in [1.807, 2.05) is 99.6 Å². The summed E-state index contributed by atoms with van der Waals surface area (Å²) < 4.78 is 15.3. The van der Waals surface area contributed by atoms with Crippen LogP contribution in [0.1, 0.15) is 121 Å². The van der Waals surface area contributed by atoms with Crippen LogP contribution < -0.4 is 16.0 Å². The van der Waals surface area contributed by atoms with Crippen LogP contribution in [0.5, 0.6) is 0 Å². The van der Waals surface area contributed by atoms with Crippen LogP contribution in [0.2, 0.25) is 0 Å². The molecule has 1 aromatic rings. The van der Waals surface area contributed by atoms with Gasteiger partial charge in [0.2, 0.25) is 0 Å². The Kier molecular flexibility index (Phi) is 26.7. The average Bonchev–Trinajstić information content (AvgIpc) is 2.96. The molecule has 0 spiro atoms. The molecular weight excluding hydrogens is 642 g/mol. The van der Waals surface area contributed by atoms with Crippen LogP contribution in [0.3, 0.4) is 0 Å². The van der Waals surface area contributed by atoms with Crippen LogP contribution in [0, 0.1) is 0 Å². The zero-order chi connectivity index (χ0) is 39.0. The Hall–Kier alpha value is -3.35. The fourth-order valence-electron chi connectivity index (χ4n) is 4.38. The summed E-state index contributed by atoms with van der Waals surface area (Å²) in [6.45, 7) is 24.1. The highest BCUT2D eigenvalue weighted by Crippen LogP contribution is 2.08. The summed E-state index contributed by atoms with van der Waals surface area (Å²) in [5.74, 6) is -1.65. The van der Waals surface area contributed by atoms with Crippen LogP contribution >= 0.6 is 0 Å². The summed E-state index contributed by atoms with van der Waals surface area (Å²) in [6.07, 6.45) is 1.56. The third kappa shape index (κ3) is 28.5. The van der Waals surface area contributed by atoms with Gasteiger partial charge >= 0.3 is 23.9 Å². The van der Waals surface area contributed by atoms with Gasteiger partial charge in [0.15, 0.2) is 0 Å². The van der Waals surface area contributed by atoms with Gasteiger partial charge in [-0.2, -0.15) is 0 Å². The molecule has 0 fully saturated rings. The van der Waals surface area contributed by atoms with Gasteiger partial charge in [-0.3, -0.25) is 19.2 Å². The number of benzene rings is 1. The Morgan fingerprint density at radius 2 is 0.980 bits per heavy atom. The molecule has 0 aromatic heterocycles. The highest BCUT2D eigenvalue weighted by atomic mass is 16.6. The van der Waals surface area contributed by atoms with E-state index in [2.05, 4.69) is 16.0 Å². The lowest BCUT2D eigenvalue weighted by Gasteiger charge is -2.21. The van der Waals surface area contributed by atoms with Crippen molar-refractivity contribution in [1.82, 2.24) is 16.0 Å². The van der Waals surface area contributed by atoms with E-state index in [1.165, 1.54) is 6.92 Å².